The van der Waals surface area contributed by atoms with Gasteiger partial charge in [0.15, 0.2) is 5.83 Å². The fraction of sp³-hybridized carbons (Fsp3) is 0.545. The van der Waals surface area contributed by atoms with E-state index in [9.17, 15) is 17.6 Å². The van der Waals surface area contributed by atoms with Crippen LogP contribution in [0.5, 0.6) is 0 Å². The van der Waals surface area contributed by atoms with Gasteiger partial charge in [0.1, 0.15) is 11.6 Å². The lowest BCUT2D eigenvalue weighted by atomic mass is 9.62. The minimum Gasteiger partial charge on any atom is -0.251 e. The van der Waals surface area contributed by atoms with Gasteiger partial charge in [-0.05, 0) is 54.2 Å². The van der Waals surface area contributed by atoms with Gasteiger partial charge < -0.3 is 0 Å². The van der Waals surface area contributed by atoms with Gasteiger partial charge in [-0.3, -0.25) is 4.39 Å². The number of fused-ring (bicyclic) bond motifs is 4. The number of aryl methyl sites for hydroxylation is 1. The molecule has 2 unspecified atom stereocenters. The summed E-state index contributed by atoms with van der Waals surface area (Å²) in [4.78, 5) is 0. The van der Waals surface area contributed by atoms with E-state index < -0.39 is 30.1 Å². The molecule has 0 bridgehead atoms. The van der Waals surface area contributed by atoms with E-state index in [1.54, 1.807) is 12.1 Å². The number of rotatable bonds is 4. The van der Waals surface area contributed by atoms with E-state index in [4.69, 9.17) is 0 Å². The van der Waals surface area contributed by atoms with Gasteiger partial charge in [0.2, 0.25) is 0 Å². The van der Waals surface area contributed by atoms with Crippen LogP contribution in [0.3, 0.4) is 0 Å². The predicted octanol–water partition coefficient (Wildman–Crippen LogP) is 6.83. The second-order valence-electron chi connectivity index (χ2n) is 8.08. The summed E-state index contributed by atoms with van der Waals surface area (Å²) in [6, 6.07) is 3.48. The van der Waals surface area contributed by atoms with Gasteiger partial charge in [-0.2, -0.15) is 0 Å². The summed E-state index contributed by atoms with van der Waals surface area (Å²) in [6.45, 7) is 1.68. The maximum absolute atomic E-state index is 14.8. The lowest BCUT2D eigenvalue weighted by molar-refractivity contribution is 0.307. The molecule has 1 saturated carbocycles. The second-order valence-corrected chi connectivity index (χ2v) is 8.08. The molecule has 0 amide bonds. The number of allylic oxidation sites excluding steroid dienone is 4. The van der Waals surface area contributed by atoms with Crippen molar-refractivity contribution in [1.82, 2.24) is 0 Å². The molecular weight excluding hydrogens is 340 g/mol. The van der Waals surface area contributed by atoms with E-state index in [2.05, 4.69) is 6.92 Å². The van der Waals surface area contributed by atoms with Crippen LogP contribution in [0.4, 0.5) is 17.6 Å². The fourth-order valence-corrected chi connectivity index (χ4v) is 4.87. The molecule has 3 aliphatic rings. The zero-order chi connectivity index (χ0) is 18.4. The minimum atomic E-state index is -0.846. The van der Waals surface area contributed by atoms with Crippen LogP contribution in [0.15, 0.2) is 35.4 Å². The van der Waals surface area contributed by atoms with E-state index >= 15 is 0 Å². The first-order chi connectivity index (χ1) is 12.5. The molecule has 0 nitrogen and oxygen atoms in total. The molecule has 1 aromatic carbocycles. The summed E-state index contributed by atoms with van der Waals surface area (Å²) in [7, 11) is 0. The first-order valence-electron chi connectivity index (χ1n) is 9.67. The average Bonchev–Trinajstić information content (AvgIpc) is 2.62. The van der Waals surface area contributed by atoms with Crippen molar-refractivity contribution >= 4 is 0 Å². The van der Waals surface area contributed by atoms with Crippen molar-refractivity contribution in [2.45, 2.75) is 57.3 Å². The van der Waals surface area contributed by atoms with Gasteiger partial charge in [0.25, 0.3) is 0 Å². The lowest BCUT2D eigenvalue weighted by Crippen LogP contribution is -2.30. The monoisotopic (exact) mass is 364 g/mol. The number of hydrogen-bond donors (Lipinski definition) is 0. The Morgan fingerprint density at radius 3 is 2.46 bits per heavy atom. The summed E-state index contributed by atoms with van der Waals surface area (Å²) in [5.74, 6) is -2.49. The summed E-state index contributed by atoms with van der Waals surface area (Å²) in [5.41, 5.74) is 1.90. The first-order valence-corrected chi connectivity index (χ1v) is 9.67. The van der Waals surface area contributed by atoms with E-state index in [0.717, 1.165) is 31.2 Å². The highest BCUT2D eigenvalue weighted by Crippen LogP contribution is 2.58. The van der Waals surface area contributed by atoms with Gasteiger partial charge in [0.05, 0.1) is 12.6 Å². The number of hydrogen-bond acceptors (Lipinski definition) is 0. The van der Waals surface area contributed by atoms with E-state index in [1.807, 2.05) is 6.08 Å². The van der Waals surface area contributed by atoms with E-state index in [1.165, 1.54) is 0 Å². The first kappa shape index (κ1) is 17.8. The molecule has 26 heavy (non-hydrogen) atoms. The molecule has 0 aliphatic heterocycles. The van der Waals surface area contributed by atoms with Crippen molar-refractivity contribution < 1.29 is 17.6 Å². The van der Waals surface area contributed by atoms with Gasteiger partial charge in [-0.15, -0.1) is 0 Å². The highest BCUT2D eigenvalue weighted by Gasteiger charge is 2.47. The van der Waals surface area contributed by atoms with E-state index in [-0.39, 0.29) is 30.2 Å². The molecule has 0 saturated heterocycles. The van der Waals surface area contributed by atoms with Gasteiger partial charge in [-0.25, -0.2) is 13.2 Å². The molecule has 0 heterocycles. The standard InChI is InChI=1S/C22H24F4/c1-12-4-6-13(7-5-12)16-11-17-15-9-8-14(3-2-10-23)20(24)18(15)19(17)22(26)21(16)25/h8-9,11-13,17,19H,2-7,10H2,1H3. The van der Waals surface area contributed by atoms with Crippen LogP contribution in [0.25, 0.3) is 0 Å². The molecule has 140 valence electrons. The third-order valence-corrected chi connectivity index (χ3v) is 6.45. The summed E-state index contributed by atoms with van der Waals surface area (Å²) in [6.07, 6.45) is 6.20. The topological polar surface area (TPSA) is 0 Å². The highest BCUT2D eigenvalue weighted by atomic mass is 19.2. The highest BCUT2D eigenvalue weighted by molar-refractivity contribution is 5.59. The normalized spacial score (nSPS) is 30.4. The molecule has 1 aromatic rings. The number of benzene rings is 1. The quantitative estimate of drug-likeness (QED) is 0.514. The molecule has 4 heteroatoms. The summed E-state index contributed by atoms with van der Waals surface area (Å²) in [5, 5.41) is 0. The third kappa shape index (κ3) is 2.73. The Hall–Kier alpha value is -1.58. The maximum Gasteiger partial charge on any atom is 0.158 e. The van der Waals surface area contributed by atoms with Crippen molar-refractivity contribution in [3.63, 3.8) is 0 Å². The molecule has 0 spiro atoms. The van der Waals surface area contributed by atoms with E-state index in [0.29, 0.717) is 17.1 Å². The van der Waals surface area contributed by atoms with Gasteiger partial charge in [0, 0.05) is 11.5 Å². The van der Waals surface area contributed by atoms with Crippen molar-refractivity contribution in [2.75, 3.05) is 6.67 Å². The summed E-state index contributed by atoms with van der Waals surface area (Å²) >= 11 is 0. The smallest absolute Gasteiger partial charge is 0.158 e. The molecule has 2 atom stereocenters. The Bertz CT molecular complexity index is 769. The van der Waals surface area contributed by atoms with Crippen LogP contribution >= 0.6 is 0 Å². The van der Waals surface area contributed by atoms with Crippen LogP contribution in [0, 0.1) is 17.7 Å². The Morgan fingerprint density at radius 2 is 1.77 bits per heavy atom. The Labute approximate surface area is 152 Å². The summed E-state index contributed by atoms with van der Waals surface area (Å²) < 4.78 is 56.7. The maximum atomic E-state index is 14.8. The van der Waals surface area contributed by atoms with Gasteiger partial charge in [-0.1, -0.05) is 38.0 Å². The average molecular weight is 364 g/mol. The molecule has 0 N–H and O–H groups in total. The van der Waals surface area contributed by atoms with Crippen LogP contribution in [-0.4, -0.2) is 6.67 Å². The second kappa shape index (κ2) is 6.86. The minimum absolute atomic E-state index is 0.0654. The Kier molecular flexibility index (Phi) is 4.70. The molecule has 1 fully saturated rings. The van der Waals surface area contributed by atoms with Crippen LogP contribution in [-0.2, 0) is 6.42 Å². The molecule has 3 aliphatic carbocycles. The zero-order valence-electron chi connectivity index (χ0n) is 15.0. The molecule has 4 rings (SSSR count). The fourth-order valence-electron chi connectivity index (χ4n) is 4.87. The predicted molar refractivity (Wildman–Crippen MR) is 94.6 cm³/mol. The zero-order valence-corrected chi connectivity index (χ0v) is 15.0. The van der Waals surface area contributed by atoms with Crippen LogP contribution in [0.1, 0.15) is 67.6 Å². The van der Waals surface area contributed by atoms with Crippen LogP contribution in [0.2, 0.25) is 0 Å². The van der Waals surface area contributed by atoms with Crippen molar-refractivity contribution in [2.24, 2.45) is 11.8 Å². The van der Waals surface area contributed by atoms with Gasteiger partial charge >= 0.3 is 0 Å². The van der Waals surface area contributed by atoms with Crippen LogP contribution < -0.4 is 0 Å². The molecular formula is C22H24F4. The number of alkyl halides is 1. The molecule has 0 aromatic heterocycles. The lowest BCUT2D eigenvalue weighted by Gasteiger charge is -2.42. The van der Waals surface area contributed by atoms with Crippen molar-refractivity contribution in [1.29, 1.82) is 0 Å². The molecule has 0 radical (unpaired) electrons. The Morgan fingerprint density at radius 1 is 1.04 bits per heavy atom. The van der Waals surface area contributed by atoms with Crippen molar-refractivity contribution in [3.8, 4) is 0 Å². The van der Waals surface area contributed by atoms with Crippen molar-refractivity contribution in [3.05, 3.63) is 57.9 Å². The largest absolute Gasteiger partial charge is 0.251 e. The number of halogens is 4. The Balaban J connectivity index is 1.66. The SMILES string of the molecule is CC1CCC(C2=CC3c4ccc(CCCF)c(F)c4C3C(F)=C2F)CC1. The third-order valence-electron chi connectivity index (χ3n) is 6.45.